The van der Waals surface area contributed by atoms with Crippen molar-refractivity contribution in [3.8, 4) is 0 Å². The van der Waals surface area contributed by atoms with Crippen LogP contribution in [0.2, 0.25) is 0 Å². The van der Waals surface area contributed by atoms with E-state index in [0.29, 0.717) is 0 Å². The average Bonchev–Trinajstić information content (AvgIpc) is 2.75. The molecule has 0 amide bonds. The number of hydrogen-bond donors (Lipinski definition) is 1. The van der Waals surface area contributed by atoms with E-state index >= 15 is 0 Å². The number of carboxylic acid groups (broad SMARTS) is 1. The molecule has 19 heavy (non-hydrogen) atoms. The van der Waals surface area contributed by atoms with Crippen molar-refractivity contribution in [2.45, 2.75) is 39.5 Å². The van der Waals surface area contributed by atoms with Crippen LogP contribution in [0.15, 0.2) is 30.7 Å². The molecule has 2 aromatic rings. The first-order chi connectivity index (χ1) is 8.98. The van der Waals surface area contributed by atoms with E-state index < -0.39 is 5.97 Å². The van der Waals surface area contributed by atoms with Crippen LogP contribution in [0.25, 0.3) is 5.52 Å². The van der Waals surface area contributed by atoms with E-state index in [9.17, 15) is 4.79 Å². The molecule has 102 valence electrons. The lowest BCUT2D eigenvalue weighted by Crippen LogP contribution is -2.17. The van der Waals surface area contributed by atoms with Gasteiger partial charge < -0.3 is 9.51 Å². The van der Waals surface area contributed by atoms with Gasteiger partial charge in [0.15, 0.2) is 0 Å². The summed E-state index contributed by atoms with van der Waals surface area (Å²) in [7, 11) is 0. The van der Waals surface area contributed by atoms with Crippen LogP contribution >= 0.6 is 0 Å². The van der Waals surface area contributed by atoms with E-state index in [-0.39, 0.29) is 11.8 Å². The highest BCUT2D eigenvalue weighted by Gasteiger charge is 2.21. The topological polar surface area (TPSA) is 54.6 Å². The summed E-state index contributed by atoms with van der Waals surface area (Å²) in [5.74, 6) is -0.721. The quantitative estimate of drug-likeness (QED) is 0.868. The highest BCUT2D eigenvalue weighted by atomic mass is 16.4. The molecular weight excluding hydrogens is 240 g/mol. The maximum atomic E-state index is 10.8. The Morgan fingerprint density at radius 3 is 2.95 bits per heavy atom. The lowest BCUT2D eigenvalue weighted by atomic mass is 9.84. The van der Waals surface area contributed by atoms with Gasteiger partial charge in [-0.05, 0) is 36.8 Å². The van der Waals surface area contributed by atoms with Crippen molar-refractivity contribution in [3.63, 3.8) is 0 Å². The summed E-state index contributed by atoms with van der Waals surface area (Å²) in [6.07, 6.45) is 6.73. The fourth-order valence-electron chi connectivity index (χ4n) is 2.46. The largest absolute Gasteiger partial charge is 0.481 e. The second kappa shape index (κ2) is 5.43. The van der Waals surface area contributed by atoms with Crippen LogP contribution in [0.5, 0.6) is 0 Å². The van der Waals surface area contributed by atoms with Gasteiger partial charge in [0.05, 0.1) is 24.5 Å². The van der Waals surface area contributed by atoms with E-state index in [1.165, 1.54) is 5.69 Å². The molecule has 2 heterocycles. The summed E-state index contributed by atoms with van der Waals surface area (Å²) < 4.78 is 2.09. The van der Waals surface area contributed by atoms with Gasteiger partial charge in [0.2, 0.25) is 0 Å². The number of imidazole rings is 1. The number of aryl methyl sites for hydroxylation is 1. The third kappa shape index (κ3) is 3.56. The van der Waals surface area contributed by atoms with Crippen LogP contribution in [0.4, 0.5) is 0 Å². The number of pyridine rings is 1. The van der Waals surface area contributed by atoms with Gasteiger partial charge in [-0.15, -0.1) is 0 Å². The normalized spacial score (nSPS) is 11.9. The summed E-state index contributed by atoms with van der Waals surface area (Å²) in [5.41, 5.74) is 2.18. The molecular formula is C15H20N2O2. The molecule has 0 spiro atoms. The van der Waals surface area contributed by atoms with Gasteiger partial charge in [0, 0.05) is 5.69 Å². The van der Waals surface area contributed by atoms with Crippen molar-refractivity contribution < 1.29 is 9.90 Å². The maximum Gasteiger partial charge on any atom is 0.303 e. The number of carboxylic acids is 1. The van der Waals surface area contributed by atoms with Crippen molar-refractivity contribution in [3.05, 3.63) is 36.4 Å². The highest BCUT2D eigenvalue weighted by Crippen LogP contribution is 2.27. The number of hydrogen-bond acceptors (Lipinski definition) is 2. The molecule has 0 radical (unpaired) electrons. The zero-order chi connectivity index (χ0) is 13.9. The van der Waals surface area contributed by atoms with Crippen LogP contribution in [-0.2, 0) is 11.2 Å². The molecule has 0 bridgehead atoms. The SMILES string of the molecule is CC(C)(CCCc1cccc2cncn12)CC(=O)O. The van der Waals surface area contributed by atoms with Crippen LogP contribution in [0, 0.1) is 5.41 Å². The second-order valence-electron chi connectivity index (χ2n) is 5.79. The number of rotatable bonds is 6. The Morgan fingerprint density at radius 1 is 1.42 bits per heavy atom. The van der Waals surface area contributed by atoms with Gasteiger partial charge in [0.1, 0.15) is 0 Å². The fourth-order valence-corrected chi connectivity index (χ4v) is 2.46. The van der Waals surface area contributed by atoms with Gasteiger partial charge in [0.25, 0.3) is 0 Å². The minimum atomic E-state index is -0.721. The average molecular weight is 260 g/mol. The Bertz CT molecular complexity index is 572. The summed E-state index contributed by atoms with van der Waals surface area (Å²) in [6.45, 7) is 4.03. The molecule has 2 rings (SSSR count). The predicted molar refractivity (Wildman–Crippen MR) is 74.2 cm³/mol. The van der Waals surface area contributed by atoms with E-state index in [0.717, 1.165) is 24.8 Å². The molecule has 0 unspecified atom stereocenters. The smallest absolute Gasteiger partial charge is 0.303 e. The molecule has 0 aliphatic carbocycles. The fraction of sp³-hybridized carbons (Fsp3) is 0.467. The first-order valence-electron chi connectivity index (χ1n) is 6.60. The first-order valence-corrected chi connectivity index (χ1v) is 6.60. The third-order valence-corrected chi connectivity index (χ3v) is 3.45. The molecule has 0 aromatic carbocycles. The number of aliphatic carboxylic acids is 1. The molecule has 4 heteroatoms. The summed E-state index contributed by atoms with van der Waals surface area (Å²) >= 11 is 0. The monoisotopic (exact) mass is 260 g/mol. The van der Waals surface area contributed by atoms with Crippen molar-refractivity contribution >= 4 is 11.5 Å². The minimum absolute atomic E-state index is 0.144. The Balaban J connectivity index is 1.96. The standard InChI is InChI=1S/C15H20N2O2/c1-15(2,9-14(18)19)8-4-7-12-5-3-6-13-10-16-11-17(12)13/h3,5-6,10-11H,4,7-9H2,1-2H3,(H,18,19). The van der Waals surface area contributed by atoms with Gasteiger partial charge in [-0.25, -0.2) is 4.98 Å². The Kier molecular flexibility index (Phi) is 3.88. The van der Waals surface area contributed by atoms with Crippen LogP contribution in [0.3, 0.4) is 0 Å². The predicted octanol–water partition coefficient (Wildman–Crippen LogP) is 3.16. The van der Waals surface area contributed by atoms with Gasteiger partial charge in [-0.3, -0.25) is 4.79 Å². The van der Waals surface area contributed by atoms with Crippen molar-refractivity contribution in [1.82, 2.24) is 9.38 Å². The third-order valence-electron chi connectivity index (χ3n) is 3.45. The van der Waals surface area contributed by atoms with Gasteiger partial charge in [-0.1, -0.05) is 19.9 Å². The molecule has 0 aliphatic rings. The molecule has 0 aliphatic heterocycles. The molecule has 0 atom stereocenters. The summed E-state index contributed by atoms with van der Waals surface area (Å²) in [5, 5.41) is 8.87. The number of carbonyl (C=O) groups is 1. The zero-order valence-electron chi connectivity index (χ0n) is 11.5. The molecule has 1 N–H and O–H groups in total. The Hall–Kier alpha value is -1.84. The number of aromatic nitrogens is 2. The molecule has 0 saturated heterocycles. The first kappa shape index (κ1) is 13.6. The molecule has 0 saturated carbocycles. The van der Waals surface area contributed by atoms with Crippen LogP contribution < -0.4 is 0 Å². The van der Waals surface area contributed by atoms with E-state index in [1.54, 1.807) is 0 Å². The Labute approximate surface area is 113 Å². The van der Waals surface area contributed by atoms with Crippen molar-refractivity contribution in [2.75, 3.05) is 0 Å². The summed E-state index contributed by atoms with van der Waals surface area (Å²) in [6, 6.07) is 6.17. The molecule has 4 nitrogen and oxygen atoms in total. The molecule has 2 aromatic heterocycles. The van der Waals surface area contributed by atoms with Crippen LogP contribution in [0.1, 0.15) is 38.8 Å². The van der Waals surface area contributed by atoms with E-state index in [1.807, 2.05) is 38.5 Å². The molecule has 0 fully saturated rings. The van der Waals surface area contributed by atoms with E-state index in [2.05, 4.69) is 15.5 Å². The van der Waals surface area contributed by atoms with Crippen molar-refractivity contribution in [1.29, 1.82) is 0 Å². The van der Waals surface area contributed by atoms with Gasteiger partial charge >= 0.3 is 5.97 Å². The zero-order valence-corrected chi connectivity index (χ0v) is 11.5. The minimum Gasteiger partial charge on any atom is -0.481 e. The number of fused-ring (bicyclic) bond motifs is 1. The highest BCUT2D eigenvalue weighted by molar-refractivity contribution is 5.67. The lowest BCUT2D eigenvalue weighted by molar-refractivity contribution is -0.139. The second-order valence-corrected chi connectivity index (χ2v) is 5.79. The lowest BCUT2D eigenvalue weighted by Gasteiger charge is -2.22. The van der Waals surface area contributed by atoms with Crippen LogP contribution in [-0.4, -0.2) is 20.5 Å². The number of nitrogens with zero attached hydrogens (tertiary/aromatic N) is 2. The van der Waals surface area contributed by atoms with E-state index in [4.69, 9.17) is 5.11 Å². The summed E-state index contributed by atoms with van der Waals surface area (Å²) in [4.78, 5) is 14.9. The van der Waals surface area contributed by atoms with Gasteiger partial charge in [-0.2, -0.15) is 0 Å². The Morgan fingerprint density at radius 2 is 2.21 bits per heavy atom. The van der Waals surface area contributed by atoms with Crippen molar-refractivity contribution in [2.24, 2.45) is 5.41 Å². The maximum absolute atomic E-state index is 10.8.